The first-order chi connectivity index (χ1) is 13.4. The minimum absolute atomic E-state index is 0.0828. The first-order valence-corrected chi connectivity index (χ1v) is 9.63. The first kappa shape index (κ1) is 19.9. The first-order valence-electron chi connectivity index (χ1n) is 8.43. The normalized spacial score (nSPS) is 15.8. The fourth-order valence-electron chi connectivity index (χ4n) is 2.69. The molecule has 1 fully saturated rings. The summed E-state index contributed by atoms with van der Waals surface area (Å²) in [6.07, 6.45) is 0.143. The quantitative estimate of drug-likeness (QED) is 0.741. The fourth-order valence-corrected chi connectivity index (χ4v) is 3.78. The van der Waals surface area contributed by atoms with E-state index in [-0.39, 0.29) is 41.2 Å². The van der Waals surface area contributed by atoms with Crippen LogP contribution in [0.15, 0.2) is 15.4 Å². The summed E-state index contributed by atoms with van der Waals surface area (Å²) >= 11 is 7.19. The van der Waals surface area contributed by atoms with Gasteiger partial charge in [0.2, 0.25) is 11.7 Å². The second kappa shape index (κ2) is 8.45. The Bertz CT molecular complexity index is 990. The molecule has 10 nitrogen and oxygen atoms in total. The van der Waals surface area contributed by atoms with E-state index in [2.05, 4.69) is 10.3 Å². The van der Waals surface area contributed by atoms with Crippen LogP contribution in [0.2, 0.25) is 4.34 Å². The van der Waals surface area contributed by atoms with E-state index in [1.807, 2.05) is 11.0 Å². The summed E-state index contributed by atoms with van der Waals surface area (Å²) in [7, 11) is 1.41. The van der Waals surface area contributed by atoms with Crippen LogP contribution in [0.1, 0.15) is 22.7 Å². The van der Waals surface area contributed by atoms with Gasteiger partial charge in [0.05, 0.1) is 6.07 Å². The van der Waals surface area contributed by atoms with Crippen molar-refractivity contribution in [2.45, 2.75) is 6.42 Å². The minimum atomic E-state index is -0.471. The van der Waals surface area contributed by atoms with E-state index in [9.17, 15) is 14.4 Å². The summed E-state index contributed by atoms with van der Waals surface area (Å²) in [5.41, 5.74) is -0.285. The molecule has 28 heavy (non-hydrogen) atoms. The Kier molecular flexibility index (Phi) is 6.01. The van der Waals surface area contributed by atoms with E-state index < -0.39 is 11.5 Å². The van der Waals surface area contributed by atoms with Gasteiger partial charge in [-0.3, -0.25) is 14.4 Å². The van der Waals surface area contributed by atoms with Crippen LogP contribution < -0.4 is 15.8 Å². The number of nitriles is 1. The maximum atomic E-state index is 12.7. The zero-order valence-electron chi connectivity index (χ0n) is 15.0. The number of carbonyl (C=O) groups excluding carboxylic acids is 2. The van der Waals surface area contributed by atoms with Gasteiger partial charge in [-0.1, -0.05) is 22.9 Å². The highest BCUT2D eigenvalue weighted by atomic mass is 35.5. The number of rotatable bonds is 2. The van der Waals surface area contributed by atoms with E-state index >= 15 is 0 Å². The predicted octanol–water partition coefficient (Wildman–Crippen LogP) is 0.429. The molecule has 0 aromatic carbocycles. The summed E-state index contributed by atoms with van der Waals surface area (Å²) < 4.78 is 6.42. The molecule has 12 heteroatoms. The molecular weight excluding hydrogens is 408 g/mol. The molecule has 2 amide bonds. The number of hydrogen-bond donors (Lipinski definition) is 1. The molecule has 1 saturated heterocycles. The third-order valence-corrected chi connectivity index (χ3v) is 5.52. The van der Waals surface area contributed by atoms with Crippen LogP contribution in [0.3, 0.4) is 0 Å². The van der Waals surface area contributed by atoms with Gasteiger partial charge in [0.1, 0.15) is 10.4 Å². The van der Waals surface area contributed by atoms with Crippen molar-refractivity contribution >= 4 is 39.9 Å². The molecule has 0 aliphatic carbocycles. The van der Waals surface area contributed by atoms with E-state index in [1.54, 1.807) is 0 Å². The molecule has 0 atom stereocenters. The van der Waals surface area contributed by atoms with Crippen molar-refractivity contribution in [3.05, 3.63) is 32.2 Å². The van der Waals surface area contributed by atoms with Crippen LogP contribution in [-0.2, 0) is 11.8 Å². The number of thiazole rings is 1. The predicted molar refractivity (Wildman–Crippen MR) is 102 cm³/mol. The van der Waals surface area contributed by atoms with Gasteiger partial charge in [-0.15, -0.1) is 0 Å². The lowest BCUT2D eigenvalue weighted by atomic mass is 10.3. The second-order valence-electron chi connectivity index (χ2n) is 6.05. The topological polar surface area (TPSA) is 124 Å². The van der Waals surface area contributed by atoms with Crippen molar-refractivity contribution in [1.82, 2.24) is 19.9 Å². The number of aryl methyl sites for hydroxylation is 1. The van der Waals surface area contributed by atoms with Gasteiger partial charge in [0.25, 0.3) is 11.5 Å². The molecule has 0 radical (unpaired) electrons. The van der Waals surface area contributed by atoms with Gasteiger partial charge in [-0.25, -0.2) is 4.98 Å². The largest absolute Gasteiger partial charge is 0.371 e. The molecule has 1 N–H and O–H groups in total. The van der Waals surface area contributed by atoms with Gasteiger partial charge >= 0.3 is 0 Å². The van der Waals surface area contributed by atoms with Gasteiger partial charge in [-0.05, 0) is 0 Å². The molecule has 1 aliphatic heterocycles. The third-order valence-electron chi connectivity index (χ3n) is 4.20. The standard InChI is InChI=1S/C16H17ClN6O4S/c1-21-13(25)8-11(27-21)15(26)22-4-2-12(24)19-3-5-23(7-6-22)16-20-10(9-18)14(17)28-16/h8H,2-7H2,1H3,(H,19,24). The van der Waals surface area contributed by atoms with Crippen molar-refractivity contribution in [2.24, 2.45) is 7.05 Å². The third kappa shape index (κ3) is 4.35. The molecule has 0 bridgehead atoms. The smallest absolute Gasteiger partial charge is 0.292 e. The number of halogens is 1. The van der Waals surface area contributed by atoms with Gasteiger partial charge in [0.15, 0.2) is 10.8 Å². The fraction of sp³-hybridized carbons (Fsp3) is 0.438. The molecule has 0 saturated carbocycles. The maximum Gasteiger partial charge on any atom is 0.292 e. The van der Waals surface area contributed by atoms with Crippen LogP contribution in [-0.4, -0.2) is 59.2 Å². The molecule has 3 heterocycles. The van der Waals surface area contributed by atoms with Crippen LogP contribution in [0.25, 0.3) is 0 Å². The van der Waals surface area contributed by atoms with Crippen LogP contribution in [0.5, 0.6) is 0 Å². The van der Waals surface area contributed by atoms with Crippen LogP contribution in [0.4, 0.5) is 5.13 Å². The zero-order chi connectivity index (χ0) is 20.3. The summed E-state index contributed by atoms with van der Waals surface area (Å²) in [6, 6.07) is 3.05. The summed E-state index contributed by atoms with van der Waals surface area (Å²) in [5.74, 6) is -0.745. The van der Waals surface area contributed by atoms with E-state index in [0.29, 0.717) is 24.8 Å². The highest BCUT2D eigenvalue weighted by Gasteiger charge is 2.24. The highest BCUT2D eigenvalue weighted by molar-refractivity contribution is 7.19. The number of aromatic nitrogens is 2. The Labute approximate surface area is 168 Å². The average molecular weight is 425 g/mol. The number of hydrogen-bond acceptors (Lipinski definition) is 8. The molecular formula is C16H17ClN6O4S. The van der Waals surface area contributed by atoms with Crippen molar-refractivity contribution in [3.8, 4) is 6.07 Å². The SMILES string of the molecule is Cn1oc(C(=O)N2CCC(=O)NCCN(c3nc(C#N)c(Cl)s3)CC2)cc1=O. The number of carbonyl (C=O) groups is 2. The number of nitrogens with zero attached hydrogens (tertiary/aromatic N) is 5. The lowest BCUT2D eigenvalue weighted by Gasteiger charge is -2.28. The minimum Gasteiger partial charge on any atom is -0.371 e. The molecule has 3 rings (SSSR count). The van der Waals surface area contributed by atoms with Gasteiger partial charge < -0.3 is 19.6 Å². The Hall–Kier alpha value is -2.84. The second-order valence-corrected chi connectivity index (χ2v) is 7.62. The molecule has 2 aromatic heterocycles. The number of amides is 2. The Morgan fingerprint density at radius 1 is 1.36 bits per heavy atom. The van der Waals surface area contributed by atoms with Crippen molar-refractivity contribution in [2.75, 3.05) is 37.6 Å². The Morgan fingerprint density at radius 3 is 2.79 bits per heavy atom. The van der Waals surface area contributed by atoms with Crippen molar-refractivity contribution in [1.29, 1.82) is 5.26 Å². The Balaban J connectivity index is 1.81. The van der Waals surface area contributed by atoms with Crippen LogP contribution >= 0.6 is 22.9 Å². The Morgan fingerprint density at radius 2 is 2.14 bits per heavy atom. The summed E-state index contributed by atoms with van der Waals surface area (Å²) in [4.78, 5) is 43.8. The van der Waals surface area contributed by atoms with E-state index in [0.717, 1.165) is 22.1 Å². The van der Waals surface area contributed by atoms with E-state index in [1.165, 1.54) is 11.9 Å². The van der Waals surface area contributed by atoms with Gasteiger partial charge in [-0.2, -0.15) is 10.0 Å². The van der Waals surface area contributed by atoms with Crippen LogP contribution in [0, 0.1) is 11.3 Å². The molecule has 1 aliphatic rings. The molecule has 148 valence electrons. The molecule has 0 spiro atoms. The summed E-state index contributed by atoms with van der Waals surface area (Å²) in [6.45, 7) is 1.72. The molecule has 2 aromatic rings. The molecule has 0 unspecified atom stereocenters. The monoisotopic (exact) mass is 424 g/mol. The number of anilines is 1. The van der Waals surface area contributed by atoms with Crippen molar-refractivity contribution in [3.63, 3.8) is 0 Å². The highest BCUT2D eigenvalue weighted by Crippen LogP contribution is 2.30. The summed E-state index contributed by atoms with van der Waals surface area (Å²) in [5, 5.41) is 12.4. The van der Waals surface area contributed by atoms with Crippen molar-refractivity contribution < 1.29 is 14.1 Å². The number of nitrogens with one attached hydrogen (secondary N) is 1. The lowest BCUT2D eigenvalue weighted by Crippen LogP contribution is -2.45. The average Bonchev–Trinajstić information content (AvgIpc) is 3.21. The lowest BCUT2D eigenvalue weighted by molar-refractivity contribution is -0.121. The van der Waals surface area contributed by atoms with E-state index in [4.69, 9.17) is 21.4 Å². The zero-order valence-corrected chi connectivity index (χ0v) is 16.5. The van der Waals surface area contributed by atoms with Gasteiger partial charge in [0, 0.05) is 46.2 Å². The maximum absolute atomic E-state index is 12.7.